The van der Waals surface area contributed by atoms with Crippen LogP contribution >= 0.6 is 0 Å². The van der Waals surface area contributed by atoms with E-state index in [4.69, 9.17) is 4.74 Å². The Hall–Kier alpha value is -1.11. The van der Waals surface area contributed by atoms with Crippen LogP contribution in [0.2, 0.25) is 0 Å². The zero-order valence-corrected chi connectivity index (χ0v) is 13.0. The summed E-state index contributed by atoms with van der Waals surface area (Å²) in [5, 5.41) is -0.421. The summed E-state index contributed by atoms with van der Waals surface area (Å²) in [4.78, 5) is 2.00. The first kappa shape index (κ1) is 15.3. The van der Waals surface area contributed by atoms with Gasteiger partial charge in [0.1, 0.15) is 5.25 Å². The molecule has 0 radical (unpaired) electrons. The summed E-state index contributed by atoms with van der Waals surface area (Å²) in [7, 11) is 0.608. The predicted molar refractivity (Wildman–Crippen MR) is 80.5 cm³/mol. The Labute approximate surface area is 121 Å². The molecule has 0 bridgehead atoms. The van der Waals surface area contributed by atoms with Crippen molar-refractivity contribution in [2.45, 2.75) is 25.1 Å². The fraction of sp³-hybridized carbons (Fsp3) is 0.571. The molecule has 1 atom stereocenters. The SMILES string of the molecule is Cc1ccc(CNS(=O)(=O)C2CCOC2)c(N(C)C)c1. The lowest BCUT2D eigenvalue weighted by molar-refractivity contribution is 0.198. The van der Waals surface area contributed by atoms with Gasteiger partial charge in [-0.1, -0.05) is 12.1 Å². The Bertz CT molecular complexity index is 564. The van der Waals surface area contributed by atoms with Crippen molar-refractivity contribution in [3.63, 3.8) is 0 Å². The number of hydrogen-bond donors (Lipinski definition) is 1. The smallest absolute Gasteiger partial charge is 0.217 e. The first-order chi connectivity index (χ1) is 9.40. The van der Waals surface area contributed by atoms with Crippen molar-refractivity contribution in [3.8, 4) is 0 Å². The maximum atomic E-state index is 12.1. The van der Waals surface area contributed by atoms with Crippen LogP contribution in [-0.2, 0) is 21.3 Å². The number of benzene rings is 1. The van der Waals surface area contributed by atoms with Gasteiger partial charge in [0.15, 0.2) is 0 Å². The topological polar surface area (TPSA) is 58.6 Å². The second kappa shape index (κ2) is 6.11. The first-order valence-corrected chi connectivity index (χ1v) is 8.28. The van der Waals surface area contributed by atoms with Gasteiger partial charge in [0.05, 0.1) is 6.61 Å². The second-order valence-electron chi connectivity index (χ2n) is 5.38. The molecule has 6 heteroatoms. The van der Waals surface area contributed by atoms with Crippen LogP contribution in [0.15, 0.2) is 18.2 Å². The third-order valence-corrected chi connectivity index (χ3v) is 5.31. The number of rotatable bonds is 5. The van der Waals surface area contributed by atoms with Crippen LogP contribution in [0.3, 0.4) is 0 Å². The van der Waals surface area contributed by atoms with Gasteiger partial charge < -0.3 is 9.64 Å². The lowest BCUT2D eigenvalue weighted by Gasteiger charge is -2.19. The van der Waals surface area contributed by atoms with Crippen molar-refractivity contribution in [2.24, 2.45) is 0 Å². The minimum atomic E-state index is -3.30. The van der Waals surface area contributed by atoms with Crippen LogP contribution in [0.1, 0.15) is 17.5 Å². The predicted octanol–water partition coefficient (Wildman–Crippen LogP) is 1.27. The third-order valence-electron chi connectivity index (χ3n) is 3.51. The first-order valence-electron chi connectivity index (χ1n) is 6.73. The van der Waals surface area contributed by atoms with E-state index in [0.29, 0.717) is 26.2 Å². The largest absolute Gasteiger partial charge is 0.380 e. The quantitative estimate of drug-likeness (QED) is 0.889. The van der Waals surface area contributed by atoms with Gasteiger partial charge in [-0.25, -0.2) is 13.1 Å². The molecule has 1 unspecified atom stereocenters. The summed E-state index contributed by atoms with van der Waals surface area (Å²) in [6.07, 6.45) is 0.573. The van der Waals surface area contributed by atoms with E-state index in [0.717, 1.165) is 16.8 Å². The van der Waals surface area contributed by atoms with Crippen LogP contribution < -0.4 is 9.62 Å². The van der Waals surface area contributed by atoms with E-state index in [2.05, 4.69) is 10.8 Å². The number of ether oxygens (including phenoxy) is 1. The van der Waals surface area contributed by atoms with Crippen LogP contribution in [0.5, 0.6) is 0 Å². The molecule has 1 aromatic rings. The van der Waals surface area contributed by atoms with Crippen molar-refractivity contribution in [2.75, 3.05) is 32.2 Å². The molecule has 1 aliphatic heterocycles. The molecule has 1 aliphatic rings. The molecular weight excluding hydrogens is 276 g/mol. The number of aryl methyl sites for hydroxylation is 1. The molecule has 0 aromatic heterocycles. The van der Waals surface area contributed by atoms with E-state index < -0.39 is 15.3 Å². The molecule has 0 aliphatic carbocycles. The Kier molecular flexibility index (Phi) is 4.67. The van der Waals surface area contributed by atoms with Crippen molar-refractivity contribution in [3.05, 3.63) is 29.3 Å². The van der Waals surface area contributed by atoms with Gasteiger partial charge in [-0.2, -0.15) is 0 Å². The van der Waals surface area contributed by atoms with E-state index in [1.807, 2.05) is 38.1 Å². The Balaban J connectivity index is 2.11. The van der Waals surface area contributed by atoms with E-state index in [9.17, 15) is 8.42 Å². The molecule has 5 nitrogen and oxygen atoms in total. The van der Waals surface area contributed by atoms with E-state index in [1.165, 1.54) is 0 Å². The molecule has 0 spiro atoms. The fourth-order valence-electron chi connectivity index (χ4n) is 2.29. The molecule has 0 saturated carbocycles. The standard InChI is InChI=1S/C14H22N2O3S/c1-11-4-5-12(14(8-11)16(2)3)9-15-20(17,18)13-6-7-19-10-13/h4-5,8,13,15H,6-7,9-10H2,1-3H3. The van der Waals surface area contributed by atoms with Gasteiger partial charge in [0, 0.05) is 32.9 Å². The highest BCUT2D eigenvalue weighted by Crippen LogP contribution is 2.21. The van der Waals surface area contributed by atoms with Crippen LogP contribution in [0.4, 0.5) is 5.69 Å². The highest BCUT2D eigenvalue weighted by Gasteiger charge is 2.29. The fourth-order valence-corrected chi connectivity index (χ4v) is 3.57. The number of hydrogen-bond acceptors (Lipinski definition) is 4. The molecule has 2 rings (SSSR count). The molecule has 1 heterocycles. The summed E-state index contributed by atoms with van der Waals surface area (Å²) < 4.78 is 32.1. The molecular formula is C14H22N2O3S. The van der Waals surface area contributed by atoms with Gasteiger partial charge in [-0.05, 0) is 30.5 Å². The summed E-state index contributed by atoms with van der Waals surface area (Å²) in [5.74, 6) is 0. The maximum Gasteiger partial charge on any atom is 0.217 e. The number of nitrogens with one attached hydrogen (secondary N) is 1. The lowest BCUT2D eigenvalue weighted by atomic mass is 10.1. The van der Waals surface area contributed by atoms with Gasteiger partial charge in [-0.3, -0.25) is 0 Å². The van der Waals surface area contributed by atoms with Crippen molar-refractivity contribution >= 4 is 15.7 Å². The Morgan fingerprint density at radius 2 is 2.15 bits per heavy atom. The van der Waals surface area contributed by atoms with Crippen molar-refractivity contribution in [1.29, 1.82) is 0 Å². The monoisotopic (exact) mass is 298 g/mol. The zero-order valence-electron chi connectivity index (χ0n) is 12.2. The number of nitrogens with zero attached hydrogens (tertiary/aromatic N) is 1. The second-order valence-corrected chi connectivity index (χ2v) is 7.42. The Morgan fingerprint density at radius 1 is 1.40 bits per heavy atom. The molecule has 1 N–H and O–H groups in total. The summed E-state index contributed by atoms with van der Waals surface area (Å²) in [5.41, 5.74) is 3.17. The maximum absolute atomic E-state index is 12.1. The number of anilines is 1. The van der Waals surface area contributed by atoms with Gasteiger partial charge in [-0.15, -0.1) is 0 Å². The van der Waals surface area contributed by atoms with Gasteiger partial charge in [0.25, 0.3) is 0 Å². The number of sulfonamides is 1. The molecule has 20 heavy (non-hydrogen) atoms. The van der Waals surface area contributed by atoms with E-state index in [-0.39, 0.29) is 0 Å². The zero-order chi connectivity index (χ0) is 14.8. The summed E-state index contributed by atoms with van der Waals surface area (Å²) in [6, 6.07) is 6.02. The van der Waals surface area contributed by atoms with Crippen molar-refractivity contribution < 1.29 is 13.2 Å². The van der Waals surface area contributed by atoms with Crippen LogP contribution in [-0.4, -0.2) is 41.0 Å². The van der Waals surface area contributed by atoms with Crippen molar-refractivity contribution in [1.82, 2.24) is 4.72 Å². The van der Waals surface area contributed by atoms with Crippen LogP contribution in [0, 0.1) is 6.92 Å². The minimum absolute atomic E-state index is 0.295. The lowest BCUT2D eigenvalue weighted by Crippen LogP contribution is -2.34. The molecule has 1 fully saturated rings. The van der Waals surface area contributed by atoms with Crippen LogP contribution in [0.25, 0.3) is 0 Å². The van der Waals surface area contributed by atoms with Gasteiger partial charge in [0.2, 0.25) is 10.0 Å². The molecule has 1 saturated heterocycles. The minimum Gasteiger partial charge on any atom is -0.380 e. The highest BCUT2D eigenvalue weighted by molar-refractivity contribution is 7.90. The summed E-state index contributed by atoms with van der Waals surface area (Å²) >= 11 is 0. The molecule has 0 amide bonds. The average Bonchev–Trinajstić information content (AvgIpc) is 2.91. The molecule has 1 aromatic carbocycles. The highest BCUT2D eigenvalue weighted by atomic mass is 32.2. The summed E-state index contributed by atoms with van der Waals surface area (Å²) in [6.45, 7) is 3.16. The van der Waals surface area contributed by atoms with E-state index >= 15 is 0 Å². The third kappa shape index (κ3) is 3.50. The average molecular weight is 298 g/mol. The van der Waals surface area contributed by atoms with Gasteiger partial charge >= 0.3 is 0 Å². The van der Waals surface area contributed by atoms with E-state index in [1.54, 1.807) is 0 Å². The Morgan fingerprint density at radius 3 is 2.75 bits per heavy atom. The molecule has 112 valence electrons. The normalized spacial score (nSPS) is 19.2.